The first-order valence-electron chi connectivity index (χ1n) is 9.15. The number of nitrogens with one attached hydrogen (secondary N) is 1. The molecule has 6 nitrogen and oxygen atoms in total. The smallest absolute Gasteiger partial charge is 0.237 e. The molecule has 28 heavy (non-hydrogen) atoms. The second-order valence-electron chi connectivity index (χ2n) is 6.71. The lowest BCUT2D eigenvalue weighted by molar-refractivity contribution is -0.115. The molecule has 0 aliphatic carbocycles. The highest BCUT2D eigenvalue weighted by Gasteiger charge is 2.21. The van der Waals surface area contributed by atoms with E-state index < -0.39 is 0 Å². The van der Waals surface area contributed by atoms with Crippen molar-refractivity contribution in [3.63, 3.8) is 0 Å². The molecule has 0 aliphatic heterocycles. The molecule has 2 aromatic heterocycles. The second kappa shape index (κ2) is 8.93. The molecular weight excluding hydrogens is 372 g/mol. The Labute approximate surface area is 169 Å². The maximum atomic E-state index is 12.6. The van der Waals surface area contributed by atoms with Crippen molar-refractivity contribution in [3.8, 4) is 11.6 Å². The van der Waals surface area contributed by atoms with Crippen LogP contribution in [0, 0.1) is 0 Å². The third-order valence-electron chi connectivity index (χ3n) is 4.27. The molecule has 0 saturated heterocycles. The van der Waals surface area contributed by atoms with Gasteiger partial charge >= 0.3 is 0 Å². The van der Waals surface area contributed by atoms with Gasteiger partial charge in [0.2, 0.25) is 11.7 Å². The van der Waals surface area contributed by atoms with Gasteiger partial charge < -0.3 is 9.73 Å². The number of anilines is 1. The molecule has 0 spiro atoms. The number of benzene rings is 1. The standard InChI is InChI=1S/C21H24N4O2S/c1-5-12-25-19(18-7-6-13-27-18)23-24-21(25)28-15(4)20(26)22-17-10-8-16(9-11-17)14(2)3/h5-11,13-15H,1,12H2,2-4H3,(H,22,26). The Balaban J connectivity index is 1.70. The fourth-order valence-corrected chi connectivity index (χ4v) is 3.52. The molecule has 0 aliphatic rings. The molecule has 1 unspecified atom stereocenters. The number of hydrogen-bond acceptors (Lipinski definition) is 5. The number of amides is 1. The van der Waals surface area contributed by atoms with Crippen molar-refractivity contribution in [2.75, 3.05) is 5.32 Å². The lowest BCUT2D eigenvalue weighted by atomic mass is 10.0. The van der Waals surface area contributed by atoms with E-state index in [9.17, 15) is 4.79 Å². The van der Waals surface area contributed by atoms with E-state index in [0.717, 1.165) is 5.69 Å². The van der Waals surface area contributed by atoms with E-state index in [0.29, 0.717) is 29.2 Å². The summed E-state index contributed by atoms with van der Waals surface area (Å²) in [5.74, 6) is 1.61. The van der Waals surface area contributed by atoms with Crippen LogP contribution in [0.15, 0.2) is 64.9 Å². The molecule has 1 N–H and O–H groups in total. The number of carbonyl (C=O) groups excluding carboxylic acids is 1. The summed E-state index contributed by atoms with van der Waals surface area (Å²) in [6.45, 7) is 10.4. The van der Waals surface area contributed by atoms with Crippen LogP contribution in [0.2, 0.25) is 0 Å². The molecule has 2 heterocycles. The summed E-state index contributed by atoms with van der Waals surface area (Å²) >= 11 is 1.35. The zero-order valence-corrected chi connectivity index (χ0v) is 17.1. The zero-order valence-electron chi connectivity index (χ0n) is 16.3. The fourth-order valence-electron chi connectivity index (χ4n) is 2.66. The topological polar surface area (TPSA) is 73.0 Å². The van der Waals surface area contributed by atoms with Gasteiger partial charge in [0.25, 0.3) is 0 Å². The molecule has 146 valence electrons. The van der Waals surface area contributed by atoms with Gasteiger partial charge in [0.15, 0.2) is 10.9 Å². The summed E-state index contributed by atoms with van der Waals surface area (Å²) in [5.41, 5.74) is 2.02. The third kappa shape index (κ3) is 4.54. The lowest BCUT2D eigenvalue weighted by Gasteiger charge is -2.13. The van der Waals surface area contributed by atoms with Crippen LogP contribution in [0.1, 0.15) is 32.3 Å². The van der Waals surface area contributed by atoms with Crippen molar-refractivity contribution in [1.82, 2.24) is 14.8 Å². The molecule has 0 fully saturated rings. The SMILES string of the molecule is C=CCn1c(SC(C)C(=O)Nc2ccc(C(C)C)cc2)nnc1-c1ccco1. The minimum Gasteiger partial charge on any atom is -0.461 e. The number of nitrogens with zero attached hydrogens (tertiary/aromatic N) is 3. The number of aromatic nitrogens is 3. The van der Waals surface area contributed by atoms with Gasteiger partial charge in [-0.3, -0.25) is 9.36 Å². The Hall–Kier alpha value is -2.80. The molecule has 1 amide bonds. The first kappa shape index (κ1) is 19.9. The third-order valence-corrected chi connectivity index (χ3v) is 5.35. The molecule has 0 radical (unpaired) electrons. The van der Waals surface area contributed by atoms with E-state index in [-0.39, 0.29) is 11.2 Å². The van der Waals surface area contributed by atoms with Gasteiger partial charge in [-0.25, -0.2) is 0 Å². The molecule has 1 aromatic carbocycles. The molecule has 0 bridgehead atoms. The normalized spacial score (nSPS) is 12.1. The molecular formula is C21H24N4O2S. The summed E-state index contributed by atoms with van der Waals surface area (Å²) in [4.78, 5) is 12.6. The quantitative estimate of drug-likeness (QED) is 0.430. The van der Waals surface area contributed by atoms with Crippen molar-refractivity contribution >= 4 is 23.4 Å². The Morgan fingerprint density at radius 3 is 2.61 bits per heavy atom. The first-order valence-corrected chi connectivity index (χ1v) is 10.0. The van der Waals surface area contributed by atoms with Crippen LogP contribution in [0.5, 0.6) is 0 Å². The van der Waals surface area contributed by atoms with E-state index in [2.05, 4.69) is 35.9 Å². The highest BCUT2D eigenvalue weighted by molar-refractivity contribution is 8.00. The average molecular weight is 397 g/mol. The molecule has 0 saturated carbocycles. The maximum Gasteiger partial charge on any atom is 0.237 e. The number of rotatable bonds is 8. The fraction of sp³-hybridized carbons (Fsp3) is 0.286. The predicted octanol–water partition coefficient (Wildman–Crippen LogP) is 4.97. The van der Waals surface area contributed by atoms with Crippen LogP contribution in [-0.2, 0) is 11.3 Å². The van der Waals surface area contributed by atoms with Gasteiger partial charge in [-0.05, 0) is 42.7 Å². The predicted molar refractivity (Wildman–Crippen MR) is 112 cm³/mol. The van der Waals surface area contributed by atoms with Crippen LogP contribution in [-0.4, -0.2) is 25.9 Å². The van der Waals surface area contributed by atoms with Crippen molar-refractivity contribution in [2.45, 2.75) is 43.6 Å². The Morgan fingerprint density at radius 1 is 1.25 bits per heavy atom. The summed E-state index contributed by atoms with van der Waals surface area (Å²) < 4.78 is 7.32. The van der Waals surface area contributed by atoms with Gasteiger partial charge in [0, 0.05) is 12.2 Å². The minimum absolute atomic E-state index is 0.0880. The molecule has 3 aromatic rings. The first-order chi connectivity index (χ1) is 13.5. The molecule has 1 atom stereocenters. The maximum absolute atomic E-state index is 12.6. The van der Waals surface area contributed by atoms with E-state index in [1.807, 2.05) is 41.8 Å². The monoisotopic (exact) mass is 396 g/mol. The summed E-state index contributed by atoms with van der Waals surface area (Å²) in [6, 6.07) is 11.6. The molecule has 7 heteroatoms. The number of carbonyl (C=O) groups is 1. The van der Waals surface area contributed by atoms with Gasteiger partial charge in [-0.15, -0.1) is 16.8 Å². The van der Waals surface area contributed by atoms with Crippen LogP contribution in [0.4, 0.5) is 5.69 Å². The summed E-state index contributed by atoms with van der Waals surface area (Å²) in [7, 11) is 0. The highest BCUT2D eigenvalue weighted by Crippen LogP contribution is 2.28. The molecule has 3 rings (SSSR count). The number of thioether (sulfide) groups is 1. The van der Waals surface area contributed by atoms with Gasteiger partial charge in [0.05, 0.1) is 11.5 Å². The van der Waals surface area contributed by atoms with Crippen molar-refractivity contribution < 1.29 is 9.21 Å². The van der Waals surface area contributed by atoms with E-state index in [4.69, 9.17) is 4.42 Å². The van der Waals surface area contributed by atoms with Crippen LogP contribution >= 0.6 is 11.8 Å². The zero-order chi connectivity index (χ0) is 20.1. The van der Waals surface area contributed by atoms with Crippen LogP contribution < -0.4 is 5.32 Å². The van der Waals surface area contributed by atoms with E-state index >= 15 is 0 Å². The van der Waals surface area contributed by atoms with Gasteiger partial charge in [0.1, 0.15) is 0 Å². The Bertz CT molecular complexity index is 930. The van der Waals surface area contributed by atoms with E-state index in [1.54, 1.807) is 18.4 Å². The van der Waals surface area contributed by atoms with Gasteiger partial charge in [-0.1, -0.05) is 43.8 Å². The minimum atomic E-state index is -0.345. The number of furan rings is 1. The van der Waals surface area contributed by atoms with Crippen LogP contribution in [0.25, 0.3) is 11.6 Å². The second-order valence-corrected chi connectivity index (χ2v) is 8.02. The summed E-state index contributed by atoms with van der Waals surface area (Å²) in [5, 5.41) is 11.7. The van der Waals surface area contributed by atoms with Gasteiger partial charge in [-0.2, -0.15) is 0 Å². The Kier molecular flexibility index (Phi) is 6.36. The van der Waals surface area contributed by atoms with Crippen molar-refractivity contribution in [1.29, 1.82) is 0 Å². The summed E-state index contributed by atoms with van der Waals surface area (Å²) in [6.07, 6.45) is 3.36. The van der Waals surface area contributed by atoms with Crippen LogP contribution in [0.3, 0.4) is 0 Å². The van der Waals surface area contributed by atoms with E-state index in [1.165, 1.54) is 17.3 Å². The number of allylic oxidation sites excluding steroid dienone is 1. The average Bonchev–Trinajstić information content (AvgIpc) is 3.33. The Morgan fingerprint density at radius 2 is 2.00 bits per heavy atom. The largest absolute Gasteiger partial charge is 0.461 e. The number of hydrogen-bond donors (Lipinski definition) is 1. The van der Waals surface area contributed by atoms with Crippen molar-refractivity contribution in [3.05, 3.63) is 60.9 Å². The lowest BCUT2D eigenvalue weighted by Crippen LogP contribution is -2.23. The van der Waals surface area contributed by atoms with Crippen molar-refractivity contribution in [2.24, 2.45) is 0 Å². The highest BCUT2D eigenvalue weighted by atomic mass is 32.2.